The van der Waals surface area contributed by atoms with Gasteiger partial charge < -0.3 is 29.6 Å². The highest BCUT2D eigenvalue weighted by Crippen LogP contribution is 2.36. The lowest BCUT2D eigenvalue weighted by molar-refractivity contribution is 0.0387. The van der Waals surface area contributed by atoms with Crippen molar-refractivity contribution >= 4 is 6.03 Å². The molecule has 1 aliphatic heterocycles. The van der Waals surface area contributed by atoms with Gasteiger partial charge in [0.2, 0.25) is 5.75 Å². The van der Waals surface area contributed by atoms with Crippen LogP contribution >= 0.6 is 0 Å². The van der Waals surface area contributed by atoms with E-state index in [0.717, 1.165) is 32.8 Å². The highest BCUT2D eigenvalue weighted by atomic mass is 16.5. The van der Waals surface area contributed by atoms with Gasteiger partial charge in [-0.25, -0.2) is 4.79 Å². The molecule has 140 valence electrons. The fraction of sp³-hybridized carbons (Fsp3) is 0.588. The number of rotatable bonds is 9. The second kappa shape index (κ2) is 10.6. The quantitative estimate of drug-likeness (QED) is 0.637. The molecular weight excluding hydrogens is 326 g/mol. The molecule has 2 N–H and O–H groups in total. The summed E-state index contributed by atoms with van der Waals surface area (Å²) in [7, 11) is 3.13. The molecule has 0 unspecified atom stereocenters. The van der Waals surface area contributed by atoms with Crippen LogP contribution in [0.1, 0.15) is 0 Å². The number of urea groups is 1. The molecule has 0 spiro atoms. The molecular formula is C17H27N3O5. The molecule has 8 nitrogen and oxygen atoms in total. The van der Waals surface area contributed by atoms with Crippen LogP contribution in [-0.4, -0.2) is 77.7 Å². The number of nitrogens with zero attached hydrogens (tertiary/aromatic N) is 1. The molecule has 1 aliphatic rings. The lowest BCUT2D eigenvalue weighted by atomic mass is 10.3. The highest BCUT2D eigenvalue weighted by Gasteiger charge is 2.11. The van der Waals surface area contributed by atoms with E-state index in [0.29, 0.717) is 36.9 Å². The largest absolute Gasteiger partial charge is 0.493 e. The van der Waals surface area contributed by atoms with E-state index in [9.17, 15) is 4.79 Å². The summed E-state index contributed by atoms with van der Waals surface area (Å²) < 4.78 is 21.5. The van der Waals surface area contributed by atoms with Crippen molar-refractivity contribution in [3.8, 4) is 17.2 Å². The lowest BCUT2D eigenvalue weighted by Crippen LogP contribution is -2.44. The van der Waals surface area contributed by atoms with Gasteiger partial charge in [-0.1, -0.05) is 6.07 Å². The molecule has 1 aromatic rings. The van der Waals surface area contributed by atoms with Crippen molar-refractivity contribution in [2.75, 3.05) is 66.8 Å². The Kier molecular flexibility index (Phi) is 8.14. The van der Waals surface area contributed by atoms with Crippen LogP contribution in [-0.2, 0) is 4.74 Å². The van der Waals surface area contributed by atoms with E-state index in [4.69, 9.17) is 18.9 Å². The van der Waals surface area contributed by atoms with Gasteiger partial charge in [0, 0.05) is 26.2 Å². The highest BCUT2D eigenvalue weighted by molar-refractivity contribution is 5.73. The van der Waals surface area contributed by atoms with Crippen LogP contribution in [0.2, 0.25) is 0 Å². The van der Waals surface area contributed by atoms with Crippen molar-refractivity contribution in [3.05, 3.63) is 18.2 Å². The number of amides is 2. The predicted molar refractivity (Wildman–Crippen MR) is 93.7 cm³/mol. The van der Waals surface area contributed by atoms with Crippen LogP contribution in [0.3, 0.4) is 0 Å². The summed E-state index contributed by atoms with van der Waals surface area (Å²) >= 11 is 0. The van der Waals surface area contributed by atoms with Gasteiger partial charge in [-0.05, 0) is 12.1 Å². The number of methoxy groups -OCH3 is 2. The molecule has 0 aromatic heterocycles. The van der Waals surface area contributed by atoms with E-state index in [-0.39, 0.29) is 6.03 Å². The van der Waals surface area contributed by atoms with Crippen LogP contribution in [0.25, 0.3) is 0 Å². The van der Waals surface area contributed by atoms with Crippen LogP contribution in [0.15, 0.2) is 18.2 Å². The van der Waals surface area contributed by atoms with Gasteiger partial charge in [0.1, 0.15) is 6.61 Å². The molecule has 0 bridgehead atoms. The molecule has 1 heterocycles. The summed E-state index contributed by atoms with van der Waals surface area (Å²) in [6, 6.07) is 5.22. The molecule has 0 saturated carbocycles. The zero-order valence-electron chi connectivity index (χ0n) is 14.9. The summed E-state index contributed by atoms with van der Waals surface area (Å²) in [6.45, 7) is 5.52. The molecule has 0 atom stereocenters. The van der Waals surface area contributed by atoms with Gasteiger partial charge in [-0.3, -0.25) is 4.90 Å². The Labute approximate surface area is 148 Å². The van der Waals surface area contributed by atoms with Crippen LogP contribution < -0.4 is 24.8 Å². The summed E-state index contributed by atoms with van der Waals surface area (Å²) in [5.41, 5.74) is 0. The molecule has 0 radical (unpaired) electrons. The maximum absolute atomic E-state index is 11.8. The van der Waals surface area contributed by atoms with Gasteiger partial charge >= 0.3 is 6.03 Å². The first-order valence-electron chi connectivity index (χ1n) is 8.40. The number of carbonyl (C=O) groups is 1. The summed E-state index contributed by atoms with van der Waals surface area (Å²) in [4.78, 5) is 14.0. The fourth-order valence-corrected chi connectivity index (χ4v) is 2.51. The number of morpholine rings is 1. The molecule has 2 amide bonds. The third-order valence-corrected chi connectivity index (χ3v) is 3.83. The molecule has 25 heavy (non-hydrogen) atoms. The van der Waals surface area contributed by atoms with Gasteiger partial charge in [0.25, 0.3) is 0 Å². The monoisotopic (exact) mass is 353 g/mol. The topological polar surface area (TPSA) is 81.3 Å². The fourth-order valence-electron chi connectivity index (χ4n) is 2.51. The minimum Gasteiger partial charge on any atom is -0.493 e. The normalized spacial score (nSPS) is 14.6. The number of hydrogen-bond acceptors (Lipinski definition) is 6. The molecule has 1 aromatic carbocycles. The van der Waals surface area contributed by atoms with Crippen molar-refractivity contribution in [1.29, 1.82) is 0 Å². The zero-order chi connectivity index (χ0) is 17.9. The first-order chi connectivity index (χ1) is 12.2. The Bertz CT molecular complexity index is 535. The minimum absolute atomic E-state index is 0.200. The Hall–Kier alpha value is -2.19. The third kappa shape index (κ3) is 6.32. The van der Waals surface area contributed by atoms with E-state index in [2.05, 4.69) is 15.5 Å². The van der Waals surface area contributed by atoms with Crippen molar-refractivity contribution in [2.45, 2.75) is 0 Å². The Morgan fingerprint density at radius 3 is 2.56 bits per heavy atom. The number of hydrogen-bond donors (Lipinski definition) is 2. The Balaban J connectivity index is 1.61. The maximum Gasteiger partial charge on any atom is 0.314 e. The second-order valence-corrected chi connectivity index (χ2v) is 5.48. The first kappa shape index (κ1) is 19.1. The number of para-hydroxylation sites is 1. The van der Waals surface area contributed by atoms with E-state index >= 15 is 0 Å². The minimum atomic E-state index is -0.200. The molecule has 8 heteroatoms. The second-order valence-electron chi connectivity index (χ2n) is 5.48. The van der Waals surface area contributed by atoms with Crippen LogP contribution in [0.5, 0.6) is 17.2 Å². The van der Waals surface area contributed by atoms with E-state index in [1.54, 1.807) is 26.4 Å². The van der Waals surface area contributed by atoms with Gasteiger partial charge in [0.05, 0.1) is 34.0 Å². The van der Waals surface area contributed by atoms with Gasteiger partial charge in [0.15, 0.2) is 11.5 Å². The van der Waals surface area contributed by atoms with Gasteiger partial charge in [-0.15, -0.1) is 0 Å². The van der Waals surface area contributed by atoms with E-state index < -0.39 is 0 Å². The van der Waals surface area contributed by atoms with Crippen molar-refractivity contribution in [3.63, 3.8) is 0 Å². The molecule has 1 saturated heterocycles. The Morgan fingerprint density at radius 2 is 1.84 bits per heavy atom. The molecule has 0 aliphatic carbocycles. The lowest BCUT2D eigenvalue weighted by Gasteiger charge is -2.26. The van der Waals surface area contributed by atoms with E-state index in [1.807, 2.05) is 6.07 Å². The summed E-state index contributed by atoms with van der Waals surface area (Å²) in [5, 5.41) is 5.60. The molecule has 2 rings (SSSR count). The SMILES string of the molecule is COc1cccc(OCCNC(=O)NCCN2CCOCC2)c1OC. The van der Waals surface area contributed by atoms with E-state index in [1.165, 1.54) is 0 Å². The Morgan fingerprint density at radius 1 is 1.12 bits per heavy atom. The standard InChI is InChI=1S/C17H27N3O5/c1-22-14-4-3-5-15(16(14)23-2)25-11-7-19-17(21)18-6-8-20-9-12-24-13-10-20/h3-5H,6-13H2,1-2H3,(H2,18,19,21). The van der Waals surface area contributed by atoms with Crippen LogP contribution in [0, 0.1) is 0 Å². The summed E-state index contributed by atoms with van der Waals surface area (Å²) in [6.07, 6.45) is 0. The first-order valence-corrected chi connectivity index (χ1v) is 8.40. The number of benzene rings is 1. The third-order valence-electron chi connectivity index (χ3n) is 3.83. The number of ether oxygens (including phenoxy) is 4. The summed E-state index contributed by atoms with van der Waals surface area (Å²) in [5.74, 6) is 1.73. The zero-order valence-corrected chi connectivity index (χ0v) is 14.9. The maximum atomic E-state index is 11.8. The molecule has 1 fully saturated rings. The number of carbonyl (C=O) groups excluding carboxylic acids is 1. The average molecular weight is 353 g/mol. The average Bonchev–Trinajstić information content (AvgIpc) is 2.65. The van der Waals surface area contributed by atoms with Crippen molar-refractivity contribution in [1.82, 2.24) is 15.5 Å². The van der Waals surface area contributed by atoms with Crippen LogP contribution in [0.4, 0.5) is 4.79 Å². The predicted octanol–water partition coefficient (Wildman–Crippen LogP) is 0.714. The number of nitrogens with one attached hydrogen (secondary N) is 2. The van der Waals surface area contributed by atoms with Crippen molar-refractivity contribution in [2.24, 2.45) is 0 Å². The smallest absolute Gasteiger partial charge is 0.314 e. The van der Waals surface area contributed by atoms with Crippen molar-refractivity contribution < 1.29 is 23.7 Å². The van der Waals surface area contributed by atoms with Gasteiger partial charge in [-0.2, -0.15) is 0 Å².